The lowest BCUT2D eigenvalue weighted by atomic mass is 9.86. The summed E-state index contributed by atoms with van der Waals surface area (Å²) >= 11 is 0. The van der Waals surface area contributed by atoms with Crippen molar-refractivity contribution in [2.75, 3.05) is 9.80 Å². The third-order valence-electron chi connectivity index (χ3n) is 8.94. The van der Waals surface area contributed by atoms with Gasteiger partial charge in [0.05, 0.1) is 22.3 Å². The molecule has 9 rings (SSSR count). The molecule has 2 aliphatic rings. The van der Waals surface area contributed by atoms with E-state index in [0.29, 0.717) is 65.7 Å². The number of nitrogens with zero attached hydrogens (tertiary/aromatic N) is 4. The molecule has 0 saturated carbocycles. The first-order valence-corrected chi connectivity index (χ1v) is 14.2. The lowest BCUT2D eigenvalue weighted by Crippen LogP contribution is -2.40. The molecule has 1 atom stereocenters. The van der Waals surface area contributed by atoms with Crippen molar-refractivity contribution in [3.05, 3.63) is 125 Å². The van der Waals surface area contributed by atoms with Crippen molar-refractivity contribution in [1.29, 1.82) is 0 Å². The number of hydrogen-bond donors (Lipinski definition) is 1. The quantitative estimate of drug-likeness (QED) is 0.139. The van der Waals surface area contributed by atoms with Crippen molar-refractivity contribution in [3.8, 4) is 0 Å². The zero-order chi connectivity index (χ0) is 30.7. The number of imide groups is 1. The van der Waals surface area contributed by atoms with Crippen molar-refractivity contribution >= 4 is 78.5 Å². The van der Waals surface area contributed by atoms with Gasteiger partial charge in [0, 0.05) is 67.1 Å². The van der Waals surface area contributed by atoms with Crippen LogP contribution in [0.1, 0.15) is 48.4 Å². The van der Waals surface area contributed by atoms with Crippen LogP contribution in [0, 0.1) is 5.82 Å². The standard InChI is InChI=1S/C36H19FN4O4/c1-2-17-3-7-19(8-4-17)40-33(42)23-13-11-21-29-27(23)25(35(40)44)15-38-31(29)22-12-14-24-28-26(16-39-32(21)30(22)28)36(45)41(34(24)43)20-9-5-18(37)6-10-20/h2-16,35,44H,1H2. The highest BCUT2D eigenvalue weighted by molar-refractivity contribution is 6.42. The van der Waals surface area contributed by atoms with E-state index in [1.165, 1.54) is 35.4 Å². The summed E-state index contributed by atoms with van der Waals surface area (Å²) < 4.78 is 13.6. The van der Waals surface area contributed by atoms with E-state index in [2.05, 4.69) is 6.58 Å². The summed E-state index contributed by atoms with van der Waals surface area (Å²) in [4.78, 5) is 53.3. The second kappa shape index (κ2) is 8.75. The molecule has 4 heterocycles. The summed E-state index contributed by atoms with van der Waals surface area (Å²) in [6.45, 7) is 3.77. The summed E-state index contributed by atoms with van der Waals surface area (Å²) in [5.74, 6) is -1.92. The predicted molar refractivity (Wildman–Crippen MR) is 169 cm³/mol. The monoisotopic (exact) mass is 590 g/mol. The highest BCUT2D eigenvalue weighted by Gasteiger charge is 2.38. The van der Waals surface area contributed by atoms with Gasteiger partial charge < -0.3 is 5.11 Å². The summed E-state index contributed by atoms with van der Waals surface area (Å²) in [7, 11) is 0. The molecule has 1 N–H and O–H groups in total. The van der Waals surface area contributed by atoms with Gasteiger partial charge in [-0.2, -0.15) is 0 Å². The van der Waals surface area contributed by atoms with Crippen LogP contribution in [0.15, 0.2) is 91.8 Å². The van der Waals surface area contributed by atoms with E-state index < -0.39 is 23.9 Å². The maximum Gasteiger partial charge on any atom is 0.267 e. The Balaban J connectivity index is 1.29. The Morgan fingerprint density at radius 2 is 1.24 bits per heavy atom. The maximum absolute atomic E-state index is 13.9. The normalized spacial score (nSPS) is 16.1. The molecular weight excluding hydrogens is 571 g/mol. The van der Waals surface area contributed by atoms with Gasteiger partial charge in [-0.15, -0.1) is 0 Å². The van der Waals surface area contributed by atoms with Gasteiger partial charge in [-0.3, -0.25) is 29.3 Å². The number of aliphatic hydroxyl groups is 1. The van der Waals surface area contributed by atoms with Gasteiger partial charge in [0.2, 0.25) is 0 Å². The van der Waals surface area contributed by atoms with Crippen molar-refractivity contribution in [1.82, 2.24) is 9.97 Å². The first-order valence-electron chi connectivity index (χ1n) is 14.2. The zero-order valence-electron chi connectivity index (χ0n) is 23.3. The number of hydrogen-bond acceptors (Lipinski definition) is 6. The second-order valence-corrected chi connectivity index (χ2v) is 11.2. The van der Waals surface area contributed by atoms with Crippen molar-refractivity contribution in [3.63, 3.8) is 0 Å². The van der Waals surface area contributed by atoms with E-state index >= 15 is 0 Å². The van der Waals surface area contributed by atoms with E-state index in [0.717, 1.165) is 10.5 Å². The molecule has 0 radical (unpaired) electrons. The SMILES string of the molecule is C=Cc1ccc(N2C(=O)c3ccc4c5ncc6c7c(ccc(c8ncc(c3c48)C2O)c75)C(=O)N(c2ccc(F)cc2)C6=O)cc1. The molecule has 3 amide bonds. The number of rotatable bonds is 3. The summed E-state index contributed by atoms with van der Waals surface area (Å²) in [5.41, 5.74) is 4.24. The van der Waals surface area contributed by atoms with Crippen LogP contribution in [0.4, 0.5) is 15.8 Å². The number of halogens is 1. The number of aromatic nitrogens is 2. The number of benzene rings is 5. The second-order valence-electron chi connectivity index (χ2n) is 11.2. The van der Waals surface area contributed by atoms with E-state index in [9.17, 15) is 23.9 Å². The molecule has 5 aromatic carbocycles. The molecule has 0 spiro atoms. The van der Waals surface area contributed by atoms with Gasteiger partial charge in [0.15, 0.2) is 6.23 Å². The van der Waals surface area contributed by atoms with Gasteiger partial charge in [-0.05, 0) is 54.1 Å². The summed E-state index contributed by atoms with van der Waals surface area (Å²) in [5, 5.41) is 15.2. The van der Waals surface area contributed by atoms with Gasteiger partial charge in [0.25, 0.3) is 17.7 Å². The fraction of sp³-hybridized carbons (Fsp3) is 0.0278. The van der Waals surface area contributed by atoms with Crippen LogP contribution in [0.3, 0.4) is 0 Å². The van der Waals surface area contributed by atoms with Crippen LogP contribution in [-0.2, 0) is 0 Å². The highest BCUT2D eigenvalue weighted by Crippen LogP contribution is 2.47. The Kier molecular flexibility index (Phi) is 4.94. The van der Waals surface area contributed by atoms with Crippen LogP contribution < -0.4 is 9.80 Å². The Morgan fingerprint density at radius 3 is 1.91 bits per heavy atom. The largest absolute Gasteiger partial charge is 0.369 e. The smallest absolute Gasteiger partial charge is 0.267 e. The van der Waals surface area contributed by atoms with Crippen LogP contribution in [0.25, 0.3) is 49.4 Å². The van der Waals surface area contributed by atoms with Crippen LogP contribution in [0.2, 0.25) is 0 Å². The molecule has 214 valence electrons. The fourth-order valence-corrected chi connectivity index (χ4v) is 6.88. The summed E-state index contributed by atoms with van der Waals surface area (Å²) in [6.07, 6.45) is 3.45. The molecule has 0 saturated heterocycles. The molecule has 0 bridgehead atoms. The Labute approximate surface area is 253 Å². The Morgan fingerprint density at radius 1 is 0.667 bits per heavy atom. The fourth-order valence-electron chi connectivity index (χ4n) is 6.88. The number of aliphatic hydroxyl groups excluding tert-OH is 1. The van der Waals surface area contributed by atoms with Gasteiger partial charge >= 0.3 is 0 Å². The van der Waals surface area contributed by atoms with Crippen molar-refractivity contribution < 1.29 is 23.9 Å². The first-order chi connectivity index (χ1) is 21.9. The lowest BCUT2D eigenvalue weighted by Gasteiger charge is -2.34. The minimum absolute atomic E-state index is 0.243. The molecule has 7 aromatic rings. The molecule has 1 unspecified atom stereocenters. The number of anilines is 2. The zero-order valence-corrected chi connectivity index (χ0v) is 23.3. The van der Waals surface area contributed by atoms with E-state index in [1.807, 2.05) is 12.1 Å². The van der Waals surface area contributed by atoms with Crippen LogP contribution in [0.5, 0.6) is 0 Å². The molecule has 2 aliphatic heterocycles. The number of amides is 3. The lowest BCUT2D eigenvalue weighted by molar-refractivity contribution is 0.0871. The molecule has 45 heavy (non-hydrogen) atoms. The molecule has 0 fully saturated rings. The maximum atomic E-state index is 13.9. The number of fused-ring (bicyclic) bond motifs is 2. The highest BCUT2D eigenvalue weighted by atomic mass is 19.1. The molecule has 8 nitrogen and oxygen atoms in total. The molecular formula is C36H19FN4O4. The molecule has 2 aromatic heterocycles. The van der Waals surface area contributed by atoms with Crippen molar-refractivity contribution in [2.24, 2.45) is 0 Å². The van der Waals surface area contributed by atoms with E-state index in [-0.39, 0.29) is 17.2 Å². The van der Waals surface area contributed by atoms with Gasteiger partial charge in [-0.1, -0.05) is 36.9 Å². The summed E-state index contributed by atoms with van der Waals surface area (Å²) in [6, 6.07) is 19.3. The topological polar surface area (TPSA) is 104 Å². The van der Waals surface area contributed by atoms with Crippen LogP contribution in [-0.4, -0.2) is 32.8 Å². The third-order valence-corrected chi connectivity index (χ3v) is 8.94. The van der Waals surface area contributed by atoms with Crippen LogP contribution >= 0.6 is 0 Å². The minimum Gasteiger partial charge on any atom is -0.369 e. The average Bonchev–Trinajstić information content (AvgIpc) is 3.06. The minimum atomic E-state index is -1.28. The van der Waals surface area contributed by atoms with Crippen molar-refractivity contribution in [2.45, 2.75) is 6.23 Å². The van der Waals surface area contributed by atoms with Gasteiger partial charge in [0.1, 0.15) is 5.82 Å². The molecule has 0 aliphatic carbocycles. The van der Waals surface area contributed by atoms with E-state index in [1.54, 1.807) is 48.7 Å². The first kappa shape index (κ1) is 25.4. The predicted octanol–water partition coefficient (Wildman–Crippen LogP) is 6.76. The van der Waals surface area contributed by atoms with E-state index in [4.69, 9.17) is 9.97 Å². The van der Waals surface area contributed by atoms with Gasteiger partial charge in [-0.25, -0.2) is 9.29 Å². The number of carbonyl (C=O) groups excluding carboxylic acids is 3. The number of pyridine rings is 2. The Hall–Kier alpha value is -6.06. The molecule has 9 heteroatoms. The third kappa shape index (κ3) is 3.19. The average molecular weight is 591 g/mol. The number of carbonyl (C=O) groups is 3. The Bertz CT molecular complexity index is 2420.